The third-order valence-corrected chi connectivity index (χ3v) is 4.56. The van der Waals surface area contributed by atoms with Crippen LogP contribution in [-0.2, 0) is 22.6 Å². The van der Waals surface area contributed by atoms with Crippen LogP contribution in [0.3, 0.4) is 0 Å². The molecule has 0 radical (unpaired) electrons. The number of hydrogen-bond donors (Lipinski definition) is 0. The van der Waals surface area contributed by atoms with Crippen LogP contribution in [0.15, 0.2) is 30.5 Å². The van der Waals surface area contributed by atoms with E-state index in [2.05, 4.69) is 4.98 Å². The summed E-state index contributed by atoms with van der Waals surface area (Å²) in [5.74, 6) is -1.33. The third-order valence-electron chi connectivity index (χ3n) is 4.56. The molecule has 0 fully saturated rings. The highest BCUT2D eigenvalue weighted by Crippen LogP contribution is 2.26. The van der Waals surface area contributed by atoms with E-state index >= 15 is 0 Å². The number of benzene rings is 1. The average Bonchev–Trinajstić information content (AvgIpc) is 3.08. The lowest BCUT2D eigenvalue weighted by Gasteiger charge is -2.24. The molecule has 2 aromatic rings. The minimum atomic E-state index is -0.598. The van der Waals surface area contributed by atoms with E-state index in [1.54, 1.807) is 30.5 Å². The molecule has 1 aromatic carbocycles. The summed E-state index contributed by atoms with van der Waals surface area (Å²) in [6.45, 7) is 2.32. The fourth-order valence-electron chi connectivity index (χ4n) is 3.20. The number of hydrogen-bond acceptors (Lipinski definition) is 5. The van der Waals surface area contributed by atoms with Crippen LogP contribution in [0, 0.1) is 12.8 Å². The number of fused-ring (bicyclic) bond motifs is 2. The number of imide groups is 1. The molecule has 0 bridgehead atoms. The van der Waals surface area contributed by atoms with Gasteiger partial charge in [-0.25, -0.2) is 9.78 Å². The van der Waals surface area contributed by atoms with Crippen LogP contribution in [0.2, 0.25) is 0 Å². The Bertz CT molecular complexity index is 835. The SMILES string of the molecule is Cc1ncc2n1CC(C(=O)ON1C(=O)c3ccccc3C1=O)CC2. The first-order valence-corrected chi connectivity index (χ1v) is 7.77. The van der Waals surface area contributed by atoms with E-state index in [1.165, 1.54) is 0 Å². The van der Waals surface area contributed by atoms with Gasteiger partial charge in [-0.1, -0.05) is 17.2 Å². The maximum atomic E-state index is 12.4. The largest absolute Gasteiger partial charge is 0.338 e. The van der Waals surface area contributed by atoms with Crippen molar-refractivity contribution in [2.75, 3.05) is 0 Å². The molecule has 0 saturated carbocycles. The maximum absolute atomic E-state index is 12.4. The molecule has 7 heteroatoms. The summed E-state index contributed by atoms with van der Waals surface area (Å²) in [6, 6.07) is 6.43. The van der Waals surface area contributed by atoms with Crippen LogP contribution in [0.4, 0.5) is 0 Å². The third kappa shape index (κ3) is 2.12. The highest BCUT2D eigenvalue weighted by Gasteiger charge is 2.40. The number of aromatic nitrogens is 2. The molecule has 4 rings (SSSR count). The molecule has 2 amide bonds. The summed E-state index contributed by atoms with van der Waals surface area (Å²) in [6.07, 6.45) is 3.12. The minimum absolute atomic E-state index is 0.256. The summed E-state index contributed by atoms with van der Waals surface area (Å²) < 4.78 is 1.97. The van der Waals surface area contributed by atoms with Crippen LogP contribution in [0.25, 0.3) is 0 Å². The number of nitrogens with zero attached hydrogens (tertiary/aromatic N) is 3. The van der Waals surface area contributed by atoms with Gasteiger partial charge in [-0.15, -0.1) is 0 Å². The summed E-state index contributed by atoms with van der Waals surface area (Å²) >= 11 is 0. The second-order valence-electron chi connectivity index (χ2n) is 6.00. The standard InChI is InChI=1S/C17H15N3O4/c1-10-18-8-12-7-6-11(9-19(10)12)17(23)24-20-15(21)13-4-2-3-5-14(13)16(20)22/h2-5,8,11H,6-7,9H2,1H3. The second-order valence-corrected chi connectivity index (χ2v) is 6.00. The Morgan fingerprint density at radius 3 is 2.54 bits per heavy atom. The zero-order chi connectivity index (χ0) is 16.8. The van der Waals surface area contributed by atoms with Crippen molar-refractivity contribution in [3.8, 4) is 0 Å². The molecule has 2 aliphatic heterocycles. The number of rotatable bonds is 2. The molecule has 2 aliphatic rings. The Hall–Kier alpha value is -2.96. The number of amides is 2. The second kappa shape index (κ2) is 5.30. The maximum Gasteiger partial charge on any atom is 0.338 e. The number of carbonyl (C=O) groups excluding carboxylic acids is 3. The highest BCUT2D eigenvalue weighted by atomic mass is 16.7. The number of carbonyl (C=O) groups is 3. The van der Waals surface area contributed by atoms with Crippen LogP contribution in [0.5, 0.6) is 0 Å². The number of hydroxylamine groups is 2. The smallest absolute Gasteiger partial charge is 0.331 e. The summed E-state index contributed by atoms with van der Waals surface area (Å²) in [7, 11) is 0. The monoisotopic (exact) mass is 325 g/mol. The van der Waals surface area contributed by atoms with E-state index in [-0.39, 0.29) is 11.1 Å². The highest BCUT2D eigenvalue weighted by molar-refractivity contribution is 6.20. The zero-order valence-corrected chi connectivity index (χ0v) is 13.1. The van der Waals surface area contributed by atoms with Crippen molar-refractivity contribution in [3.05, 3.63) is 53.1 Å². The molecule has 0 aliphatic carbocycles. The van der Waals surface area contributed by atoms with Gasteiger partial charge >= 0.3 is 5.97 Å². The lowest BCUT2D eigenvalue weighted by molar-refractivity contribution is -0.174. The fourth-order valence-corrected chi connectivity index (χ4v) is 3.20. The van der Waals surface area contributed by atoms with Gasteiger partial charge in [0.15, 0.2) is 0 Å². The molecule has 122 valence electrons. The van der Waals surface area contributed by atoms with Gasteiger partial charge in [0.05, 0.1) is 17.0 Å². The van der Waals surface area contributed by atoms with Crippen LogP contribution < -0.4 is 0 Å². The van der Waals surface area contributed by atoms with Crippen molar-refractivity contribution >= 4 is 17.8 Å². The normalized spacial score (nSPS) is 19.2. The van der Waals surface area contributed by atoms with E-state index < -0.39 is 23.7 Å². The van der Waals surface area contributed by atoms with E-state index in [4.69, 9.17) is 4.84 Å². The molecule has 1 unspecified atom stereocenters. The number of aryl methyl sites for hydroxylation is 2. The van der Waals surface area contributed by atoms with Gasteiger partial charge in [0.25, 0.3) is 11.8 Å². The Morgan fingerprint density at radius 2 is 1.88 bits per heavy atom. The lowest BCUT2D eigenvalue weighted by atomic mass is 9.98. The topological polar surface area (TPSA) is 81.5 Å². The van der Waals surface area contributed by atoms with Gasteiger partial charge in [0, 0.05) is 18.4 Å². The van der Waals surface area contributed by atoms with Crippen LogP contribution in [0.1, 0.15) is 38.7 Å². The number of imidazole rings is 1. The van der Waals surface area contributed by atoms with Crippen LogP contribution >= 0.6 is 0 Å². The van der Waals surface area contributed by atoms with Crippen molar-refractivity contribution in [2.45, 2.75) is 26.3 Å². The zero-order valence-electron chi connectivity index (χ0n) is 13.1. The molecule has 24 heavy (non-hydrogen) atoms. The lowest BCUT2D eigenvalue weighted by Crippen LogP contribution is -2.37. The Labute approximate surface area is 137 Å². The summed E-state index contributed by atoms with van der Waals surface area (Å²) in [4.78, 5) is 46.3. The molecule has 0 saturated heterocycles. The Morgan fingerprint density at radius 1 is 1.21 bits per heavy atom. The first-order chi connectivity index (χ1) is 11.6. The van der Waals surface area contributed by atoms with Gasteiger partial charge in [0.2, 0.25) is 0 Å². The van der Waals surface area contributed by atoms with E-state index in [1.807, 2.05) is 11.5 Å². The average molecular weight is 325 g/mol. The first-order valence-electron chi connectivity index (χ1n) is 7.77. The fraction of sp³-hybridized carbons (Fsp3) is 0.294. The van der Waals surface area contributed by atoms with E-state index in [0.29, 0.717) is 24.4 Å². The van der Waals surface area contributed by atoms with Gasteiger partial charge < -0.3 is 9.40 Å². The van der Waals surface area contributed by atoms with Gasteiger partial charge in [-0.2, -0.15) is 0 Å². The summed E-state index contributed by atoms with van der Waals surface area (Å²) in [5.41, 5.74) is 1.59. The van der Waals surface area contributed by atoms with Crippen LogP contribution in [-0.4, -0.2) is 32.4 Å². The van der Waals surface area contributed by atoms with E-state index in [0.717, 1.165) is 11.5 Å². The molecule has 3 heterocycles. The molecule has 7 nitrogen and oxygen atoms in total. The van der Waals surface area contributed by atoms with Gasteiger partial charge in [-0.3, -0.25) is 9.59 Å². The molecular formula is C17H15N3O4. The molecule has 0 spiro atoms. The molecule has 1 atom stereocenters. The minimum Gasteiger partial charge on any atom is -0.331 e. The molecular weight excluding hydrogens is 310 g/mol. The van der Waals surface area contributed by atoms with Crippen molar-refractivity contribution in [1.29, 1.82) is 0 Å². The van der Waals surface area contributed by atoms with Gasteiger partial charge in [-0.05, 0) is 31.9 Å². The van der Waals surface area contributed by atoms with Crippen molar-refractivity contribution in [2.24, 2.45) is 5.92 Å². The van der Waals surface area contributed by atoms with Crippen molar-refractivity contribution in [3.63, 3.8) is 0 Å². The predicted molar refractivity (Wildman–Crippen MR) is 81.8 cm³/mol. The molecule has 1 aromatic heterocycles. The first kappa shape index (κ1) is 14.6. The Balaban J connectivity index is 1.51. The Kier molecular flexibility index (Phi) is 3.23. The van der Waals surface area contributed by atoms with Crippen molar-refractivity contribution < 1.29 is 19.2 Å². The van der Waals surface area contributed by atoms with Crippen molar-refractivity contribution in [1.82, 2.24) is 14.6 Å². The van der Waals surface area contributed by atoms with Gasteiger partial charge in [0.1, 0.15) is 5.82 Å². The summed E-state index contributed by atoms with van der Waals surface area (Å²) in [5, 5.41) is 0.573. The quantitative estimate of drug-likeness (QED) is 0.782. The predicted octanol–water partition coefficient (Wildman–Crippen LogP) is 1.51. The molecule has 0 N–H and O–H groups in total. The van der Waals surface area contributed by atoms with E-state index in [9.17, 15) is 14.4 Å².